The molecule has 0 spiro atoms. The Morgan fingerprint density at radius 3 is 2.73 bits per heavy atom. The summed E-state index contributed by atoms with van der Waals surface area (Å²) in [5.74, 6) is 1.27. The van der Waals surface area contributed by atoms with Crippen LogP contribution in [-0.2, 0) is 0 Å². The topological polar surface area (TPSA) is 141 Å². The van der Waals surface area contributed by atoms with Crippen LogP contribution in [0, 0.1) is 21.9 Å². The lowest BCUT2D eigenvalue weighted by Crippen LogP contribution is -2.11. The van der Waals surface area contributed by atoms with E-state index in [1.165, 1.54) is 30.9 Å². The summed E-state index contributed by atoms with van der Waals surface area (Å²) in [6, 6.07) is 12.7. The molecule has 0 aliphatic rings. The second-order valence-electron chi connectivity index (χ2n) is 7.03. The van der Waals surface area contributed by atoms with Gasteiger partial charge in [0.2, 0.25) is 0 Å². The number of hydrogen-bond donors (Lipinski definition) is 0. The molecule has 0 N–H and O–H groups in total. The summed E-state index contributed by atoms with van der Waals surface area (Å²) in [7, 11) is 0. The molecule has 0 atom stereocenters. The number of nitro groups is 1. The first-order valence-electron chi connectivity index (χ1n) is 9.64. The quantitative estimate of drug-likeness (QED) is 0.211. The minimum absolute atomic E-state index is 0.129. The first-order chi connectivity index (χ1) is 16.0. The van der Waals surface area contributed by atoms with E-state index >= 15 is 0 Å². The van der Waals surface area contributed by atoms with Crippen molar-refractivity contribution in [2.24, 2.45) is 5.29 Å². The van der Waals surface area contributed by atoms with Crippen LogP contribution in [0.5, 0.6) is 11.5 Å². The van der Waals surface area contributed by atoms with E-state index in [9.17, 15) is 15.0 Å². The number of non-ortho nitro benzene ring substituents is 1. The molecule has 33 heavy (non-hydrogen) atoms. The second-order valence-corrected chi connectivity index (χ2v) is 7.03. The van der Waals surface area contributed by atoms with E-state index in [1.807, 2.05) is 6.92 Å². The summed E-state index contributed by atoms with van der Waals surface area (Å²) in [6.45, 7) is 1.82. The van der Waals surface area contributed by atoms with Gasteiger partial charge < -0.3 is 4.74 Å². The molecule has 5 aromatic rings. The number of nitroso groups, excluding NO2 is 1. The van der Waals surface area contributed by atoms with Crippen molar-refractivity contribution >= 4 is 33.7 Å². The smallest absolute Gasteiger partial charge is 0.270 e. The fraction of sp³-hybridized carbons (Fsp3) is 0.0476. The molecule has 0 aliphatic heterocycles. The molecule has 0 amide bonds. The van der Waals surface area contributed by atoms with Gasteiger partial charge in [-0.2, -0.15) is 10.1 Å². The first-order valence-corrected chi connectivity index (χ1v) is 9.64. The van der Waals surface area contributed by atoms with Crippen molar-refractivity contribution in [3.8, 4) is 11.5 Å². The number of benzene rings is 2. The zero-order chi connectivity index (χ0) is 22.9. The molecule has 12 nitrogen and oxygen atoms in total. The van der Waals surface area contributed by atoms with Gasteiger partial charge in [-0.1, -0.05) is 0 Å². The summed E-state index contributed by atoms with van der Waals surface area (Å²) in [5, 5.41) is 19.7. The monoisotopic (exact) mass is 442 g/mol. The third-order valence-corrected chi connectivity index (χ3v) is 4.97. The molecular weight excluding hydrogens is 428 g/mol. The number of aryl methyl sites for hydroxylation is 1. The molecule has 12 heteroatoms. The van der Waals surface area contributed by atoms with Crippen molar-refractivity contribution < 1.29 is 9.66 Å². The lowest BCUT2D eigenvalue weighted by Gasteiger charge is -2.17. The number of aromatic nitrogens is 5. The third kappa shape index (κ3) is 3.65. The molecule has 0 bridgehead atoms. The summed E-state index contributed by atoms with van der Waals surface area (Å²) in [6.07, 6.45) is 4.46. The Balaban J connectivity index is 1.50. The Kier molecular flexibility index (Phi) is 4.79. The van der Waals surface area contributed by atoms with Crippen molar-refractivity contribution in [2.75, 3.05) is 5.01 Å². The summed E-state index contributed by atoms with van der Waals surface area (Å²) in [5.41, 5.74) is 2.08. The van der Waals surface area contributed by atoms with Crippen molar-refractivity contribution in [3.05, 3.63) is 88.0 Å². The molecule has 0 radical (unpaired) electrons. The van der Waals surface area contributed by atoms with Crippen LogP contribution in [0.25, 0.3) is 16.6 Å². The number of nitro benzene ring substituents is 1. The Morgan fingerprint density at radius 2 is 1.94 bits per heavy atom. The highest BCUT2D eigenvalue weighted by Gasteiger charge is 2.19. The lowest BCUT2D eigenvalue weighted by atomic mass is 10.1. The standard InChI is InChI=1S/C21H14N8O4/c1-13-8-14(3-5-19(13)33-16-6-7-27-20(10-16)23-12-25-27)28(26-30)21-17-9-15(29(31)32)2-4-18(17)22-11-24-21/h2-12H,1H3. The number of anilines is 2. The van der Waals surface area contributed by atoms with Gasteiger partial charge in [-0.3, -0.25) is 10.1 Å². The maximum absolute atomic E-state index is 11.8. The molecule has 0 saturated carbocycles. The van der Waals surface area contributed by atoms with Crippen molar-refractivity contribution in [3.63, 3.8) is 0 Å². The lowest BCUT2D eigenvalue weighted by molar-refractivity contribution is -0.384. The van der Waals surface area contributed by atoms with Crippen molar-refractivity contribution in [1.82, 2.24) is 24.6 Å². The minimum Gasteiger partial charge on any atom is -0.457 e. The number of pyridine rings is 1. The Labute approximate surface area is 185 Å². The molecule has 162 valence electrons. The highest BCUT2D eigenvalue weighted by molar-refractivity contribution is 5.92. The average molecular weight is 442 g/mol. The minimum atomic E-state index is -0.526. The molecule has 3 heterocycles. The number of hydrogen-bond acceptors (Lipinski definition) is 9. The van der Waals surface area contributed by atoms with E-state index in [0.29, 0.717) is 33.7 Å². The predicted octanol–water partition coefficient (Wildman–Crippen LogP) is 4.50. The first kappa shape index (κ1) is 19.9. The van der Waals surface area contributed by atoms with E-state index in [2.05, 4.69) is 25.3 Å². The molecule has 0 saturated heterocycles. The van der Waals surface area contributed by atoms with Crippen LogP contribution in [0.4, 0.5) is 17.2 Å². The van der Waals surface area contributed by atoms with Crippen LogP contribution in [-0.4, -0.2) is 29.5 Å². The van der Waals surface area contributed by atoms with Gasteiger partial charge in [-0.15, -0.1) is 4.91 Å². The molecule has 0 aliphatic carbocycles. The average Bonchev–Trinajstić information content (AvgIpc) is 3.29. The molecule has 2 aromatic carbocycles. The highest BCUT2D eigenvalue weighted by Crippen LogP contribution is 2.35. The highest BCUT2D eigenvalue weighted by atomic mass is 16.6. The molecule has 5 rings (SSSR count). The number of rotatable bonds is 6. The molecule has 3 aromatic heterocycles. The van der Waals surface area contributed by atoms with Crippen LogP contribution in [0.15, 0.2) is 72.7 Å². The SMILES string of the molecule is Cc1cc(N(N=O)c2ncnc3ccc([N+](=O)[O-])cc23)ccc1Oc1ccn2ncnc2c1. The van der Waals surface area contributed by atoms with Crippen LogP contribution >= 0.6 is 0 Å². The summed E-state index contributed by atoms with van der Waals surface area (Å²) < 4.78 is 7.58. The second kappa shape index (κ2) is 7.92. The van der Waals surface area contributed by atoms with E-state index < -0.39 is 4.92 Å². The molecule has 0 unspecified atom stereocenters. The van der Waals surface area contributed by atoms with E-state index in [4.69, 9.17) is 4.74 Å². The molecular formula is C21H14N8O4. The maximum atomic E-state index is 11.8. The zero-order valence-electron chi connectivity index (χ0n) is 17.1. The van der Waals surface area contributed by atoms with Gasteiger partial charge in [0.15, 0.2) is 11.5 Å². The summed E-state index contributed by atoms with van der Waals surface area (Å²) >= 11 is 0. The third-order valence-electron chi connectivity index (χ3n) is 4.97. The number of ether oxygens (including phenoxy) is 1. The number of nitrogens with zero attached hydrogens (tertiary/aromatic N) is 8. The fourth-order valence-electron chi connectivity index (χ4n) is 3.39. The van der Waals surface area contributed by atoms with Gasteiger partial charge in [-0.05, 0) is 42.8 Å². The number of fused-ring (bicyclic) bond motifs is 2. The van der Waals surface area contributed by atoms with Crippen molar-refractivity contribution in [1.29, 1.82) is 0 Å². The van der Waals surface area contributed by atoms with Crippen LogP contribution in [0.2, 0.25) is 0 Å². The molecule has 0 fully saturated rings. The van der Waals surface area contributed by atoms with Gasteiger partial charge in [0.25, 0.3) is 5.69 Å². The maximum Gasteiger partial charge on any atom is 0.270 e. The van der Waals surface area contributed by atoms with E-state index in [1.54, 1.807) is 41.0 Å². The normalized spacial score (nSPS) is 10.9. The summed E-state index contributed by atoms with van der Waals surface area (Å²) in [4.78, 5) is 34.9. The van der Waals surface area contributed by atoms with Crippen LogP contribution in [0.1, 0.15) is 5.56 Å². The Bertz CT molecular complexity index is 1530. The Morgan fingerprint density at radius 1 is 1.06 bits per heavy atom. The van der Waals surface area contributed by atoms with Gasteiger partial charge >= 0.3 is 0 Å². The van der Waals surface area contributed by atoms with Gasteiger partial charge in [0, 0.05) is 24.4 Å². The zero-order valence-corrected chi connectivity index (χ0v) is 17.1. The van der Waals surface area contributed by atoms with Gasteiger partial charge in [-0.25, -0.2) is 19.5 Å². The fourth-order valence-corrected chi connectivity index (χ4v) is 3.39. The van der Waals surface area contributed by atoms with E-state index in [0.717, 1.165) is 10.6 Å². The van der Waals surface area contributed by atoms with E-state index in [-0.39, 0.29) is 11.5 Å². The Hall–Kier alpha value is -5.00. The van der Waals surface area contributed by atoms with Gasteiger partial charge in [0.1, 0.15) is 24.2 Å². The largest absolute Gasteiger partial charge is 0.457 e. The van der Waals surface area contributed by atoms with Gasteiger partial charge in [0.05, 0.1) is 26.8 Å². The predicted molar refractivity (Wildman–Crippen MR) is 118 cm³/mol. The van der Waals surface area contributed by atoms with Crippen molar-refractivity contribution in [2.45, 2.75) is 6.92 Å². The van der Waals surface area contributed by atoms with Crippen LogP contribution in [0.3, 0.4) is 0 Å². The van der Waals surface area contributed by atoms with Crippen LogP contribution < -0.4 is 9.75 Å².